The summed E-state index contributed by atoms with van der Waals surface area (Å²) in [6.07, 6.45) is 1.63. The summed E-state index contributed by atoms with van der Waals surface area (Å²) in [6, 6.07) is 9.53. The van der Waals surface area contributed by atoms with Gasteiger partial charge in [-0.05, 0) is 65.8 Å². The van der Waals surface area contributed by atoms with Crippen molar-refractivity contribution in [1.29, 1.82) is 0 Å². The van der Waals surface area contributed by atoms with Gasteiger partial charge in [-0.15, -0.1) is 0 Å². The summed E-state index contributed by atoms with van der Waals surface area (Å²) in [5, 5.41) is 2.90. The molecule has 0 spiro atoms. The highest BCUT2D eigenvalue weighted by Crippen LogP contribution is 2.21. The second-order valence-electron chi connectivity index (χ2n) is 4.04. The summed E-state index contributed by atoms with van der Waals surface area (Å²) in [5.41, 5.74) is 3.24. The van der Waals surface area contributed by atoms with Crippen LogP contribution in [-0.4, -0.2) is 10.9 Å². The number of hydrogen-bond acceptors (Lipinski definition) is 2. The Kier molecular flexibility index (Phi) is 3.96. The van der Waals surface area contributed by atoms with Crippen molar-refractivity contribution in [1.82, 2.24) is 4.98 Å². The minimum Gasteiger partial charge on any atom is -0.320 e. The molecule has 0 saturated heterocycles. The first-order valence-electron chi connectivity index (χ1n) is 5.57. The number of halogens is 1. The maximum Gasteiger partial charge on any atom is 0.274 e. The van der Waals surface area contributed by atoms with E-state index in [4.69, 9.17) is 0 Å². The van der Waals surface area contributed by atoms with Crippen LogP contribution in [0.4, 0.5) is 5.69 Å². The number of benzene rings is 1. The van der Waals surface area contributed by atoms with Crippen molar-refractivity contribution in [3.63, 3.8) is 0 Å². The third kappa shape index (κ3) is 2.69. The van der Waals surface area contributed by atoms with Crippen molar-refractivity contribution < 1.29 is 4.79 Å². The normalized spacial score (nSPS) is 10.2. The number of hydrogen-bond donors (Lipinski definition) is 1. The number of nitrogens with zero attached hydrogens (tertiary/aromatic N) is 1. The van der Waals surface area contributed by atoms with Gasteiger partial charge in [-0.1, -0.05) is 12.1 Å². The van der Waals surface area contributed by atoms with E-state index in [1.165, 1.54) is 0 Å². The Hall–Kier alpha value is -1.43. The number of carbonyl (C=O) groups excluding carboxylic acids is 1. The molecule has 0 atom stereocenters. The first-order valence-corrected chi connectivity index (χ1v) is 6.65. The molecule has 0 unspecified atom stereocenters. The molecule has 1 aromatic carbocycles. The number of amides is 1. The minimum absolute atomic E-state index is 0.168. The van der Waals surface area contributed by atoms with E-state index >= 15 is 0 Å². The average molecular weight is 352 g/mol. The van der Waals surface area contributed by atoms with Crippen LogP contribution in [0.3, 0.4) is 0 Å². The van der Waals surface area contributed by atoms with Gasteiger partial charge in [-0.3, -0.25) is 9.78 Å². The molecule has 92 valence electrons. The van der Waals surface area contributed by atoms with Crippen molar-refractivity contribution in [2.75, 3.05) is 5.32 Å². The number of pyridine rings is 1. The van der Waals surface area contributed by atoms with Crippen LogP contribution in [0, 0.1) is 17.4 Å². The average Bonchev–Trinajstić information content (AvgIpc) is 2.35. The van der Waals surface area contributed by atoms with Gasteiger partial charge >= 0.3 is 0 Å². The molecular weight excluding hydrogens is 339 g/mol. The molecule has 0 radical (unpaired) electrons. The van der Waals surface area contributed by atoms with Gasteiger partial charge < -0.3 is 5.32 Å². The van der Waals surface area contributed by atoms with Gasteiger partial charge in [0.25, 0.3) is 5.91 Å². The van der Waals surface area contributed by atoms with Crippen LogP contribution in [0.2, 0.25) is 0 Å². The van der Waals surface area contributed by atoms with Crippen LogP contribution in [0.1, 0.15) is 21.6 Å². The fourth-order valence-corrected chi connectivity index (χ4v) is 2.15. The third-order valence-corrected chi connectivity index (χ3v) is 3.91. The number of aromatic nitrogens is 1. The SMILES string of the molecule is Cc1cccnc1C(=O)Nc1cccc(I)c1C. The number of nitrogens with one attached hydrogen (secondary N) is 1. The fraction of sp³-hybridized carbons (Fsp3) is 0.143. The van der Waals surface area contributed by atoms with E-state index in [1.54, 1.807) is 6.20 Å². The Morgan fingerprint density at radius 2 is 2.00 bits per heavy atom. The van der Waals surface area contributed by atoms with E-state index in [0.717, 1.165) is 20.4 Å². The largest absolute Gasteiger partial charge is 0.320 e. The summed E-state index contributed by atoms with van der Waals surface area (Å²) in [6.45, 7) is 3.87. The summed E-state index contributed by atoms with van der Waals surface area (Å²) in [5.74, 6) is -0.168. The molecule has 0 aliphatic rings. The maximum atomic E-state index is 12.1. The van der Waals surface area contributed by atoms with E-state index in [1.807, 2.05) is 44.2 Å². The molecule has 0 aliphatic carbocycles. The number of anilines is 1. The van der Waals surface area contributed by atoms with Crippen LogP contribution in [0.25, 0.3) is 0 Å². The molecule has 2 aromatic rings. The van der Waals surface area contributed by atoms with Crippen molar-refractivity contribution in [2.24, 2.45) is 0 Å². The van der Waals surface area contributed by atoms with Gasteiger partial charge in [0.15, 0.2) is 0 Å². The van der Waals surface area contributed by atoms with Crippen LogP contribution in [0.5, 0.6) is 0 Å². The molecule has 1 aromatic heterocycles. The zero-order valence-electron chi connectivity index (χ0n) is 10.2. The fourth-order valence-electron chi connectivity index (χ4n) is 1.65. The van der Waals surface area contributed by atoms with Crippen LogP contribution in [-0.2, 0) is 0 Å². The predicted molar refractivity (Wildman–Crippen MR) is 80.8 cm³/mol. The molecule has 0 saturated carbocycles. The topological polar surface area (TPSA) is 42.0 Å². The molecule has 18 heavy (non-hydrogen) atoms. The summed E-state index contributed by atoms with van der Waals surface area (Å²) < 4.78 is 1.13. The highest BCUT2D eigenvalue weighted by atomic mass is 127. The molecule has 1 heterocycles. The lowest BCUT2D eigenvalue weighted by Gasteiger charge is -2.10. The Morgan fingerprint density at radius 1 is 1.22 bits per heavy atom. The van der Waals surface area contributed by atoms with E-state index in [9.17, 15) is 4.79 Å². The van der Waals surface area contributed by atoms with E-state index in [-0.39, 0.29) is 5.91 Å². The quantitative estimate of drug-likeness (QED) is 0.840. The van der Waals surface area contributed by atoms with Crippen molar-refractivity contribution in [2.45, 2.75) is 13.8 Å². The molecule has 0 fully saturated rings. The lowest BCUT2D eigenvalue weighted by atomic mass is 10.1. The first kappa shape index (κ1) is 13.0. The summed E-state index contributed by atoms with van der Waals surface area (Å²) in [7, 11) is 0. The molecule has 4 heteroatoms. The van der Waals surface area contributed by atoms with Crippen LogP contribution >= 0.6 is 22.6 Å². The lowest BCUT2D eigenvalue weighted by molar-refractivity contribution is 0.102. The smallest absolute Gasteiger partial charge is 0.274 e. The van der Waals surface area contributed by atoms with E-state index < -0.39 is 0 Å². The van der Waals surface area contributed by atoms with E-state index in [2.05, 4.69) is 32.9 Å². The number of aryl methyl sites for hydroxylation is 1. The summed E-state index contributed by atoms with van der Waals surface area (Å²) in [4.78, 5) is 16.2. The van der Waals surface area contributed by atoms with Crippen molar-refractivity contribution in [3.05, 3.63) is 56.9 Å². The maximum absolute atomic E-state index is 12.1. The van der Waals surface area contributed by atoms with E-state index in [0.29, 0.717) is 5.69 Å². The Labute approximate surface area is 120 Å². The molecule has 1 amide bonds. The Morgan fingerprint density at radius 3 is 2.72 bits per heavy atom. The zero-order chi connectivity index (χ0) is 13.1. The lowest BCUT2D eigenvalue weighted by Crippen LogP contribution is -2.16. The molecular formula is C14H13IN2O. The second-order valence-corrected chi connectivity index (χ2v) is 5.20. The van der Waals surface area contributed by atoms with Gasteiger partial charge in [-0.2, -0.15) is 0 Å². The highest BCUT2D eigenvalue weighted by molar-refractivity contribution is 14.1. The number of rotatable bonds is 2. The van der Waals surface area contributed by atoms with Gasteiger partial charge in [0.1, 0.15) is 5.69 Å². The third-order valence-electron chi connectivity index (χ3n) is 2.74. The summed E-state index contributed by atoms with van der Waals surface area (Å²) >= 11 is 2.25. The van der Waals surface area contributed by atoms with Gasteiger partial charge in [0.05, 0.1) is 0 Å². The molecule has 2 rings (SSSR count). The zero-order valence-corrected chi connectivity index (χ0v) is 12.4. The number of carbonyl (C=O) groups is 1. The molecule has 1 N–H and O–H groups in total. The van der Waals surface area contributed by atoms with Gasteiger partial charge in [0, 0.05) is 15.5 Å². The minimum atomic E-state index is -0.168. The van der Waals surface area contributed by atoms with Crippen LogP contribution < -0.4 is 5.32 Å². The Bertz CT molecular complexity index is 596. The standard InChI is InChI=1S/C14H13IN2O/c1-9-5-4-8-16-13(9)14(18)17-12-7-3-6-11(15)10(12)2/h3-8H,1-2H3,(H,17,18). The Balaban J connectivity index is 2.27. The molecule has 3 nitrogen and oxygen atoms in total. The van der Waals surface area contributed by atoms with Gasteiger partial charge in [0.2, 0.25) is 0 Å². The predicted octanol–water partition coefficient (Wildman–Crippen LogP) is 3.56. The molecule has 0 aliphatic heterocycles. The second kappa shape index (κ2) is 5.48. The monoisotopic (exact) mass is 352 g/mol. The van der Waals surface area contributed by atoms with Crippen molar-refractivity contribution in [3.8, 4) is 0 Å². The first-order chi connectivity index (χ1) is 8.59. The highest BCUT2D eigenvalue weighted by Gasteiger charge is 2.11. The van der Waals surface area contributed by atoms with Gasteiger partial charge in [-0.25, -0.2) is 0 Å². The molecule has 0 bridgehead atoms. The van der Waals surface area contributed by atoms with Crippen LogP contribution in [0.15, 0.2) is 36.5 Å². The van der Waals surface area contributed by atoms with Crippen molar-refractivity contribution >= 4 is 34.2 Å².